The van der Waals surface area contributed by atoms with Crippen molar-refractivity contribution in [2.45, 2.75) is 11.8 Å². The third kappa shape index (κ3) is 4.76. The number of ether oxygens (including phenoxy) is 1. The van der Waals surface area contributed by atoms with Gasteiger partial charge in [0.2, 0.25) is 5.95 Å². The van der Waals surface area contributed by atoms with Gasteiger partial charge < -0.3 is 10.1 Å². The molecule has 3 aromatic rings. The lowest BCUT2D eigenvalue weighted by Crippen LogP contribution is -2.33. The lowest BCUT2D eigenvalue weighted by Gasteiger charge is -2.18. The van der Waals surface area contributed by atoms with Crippen molar-refractivity contribution in [3.8, 4) is 0 Å². The number of carbonyl (C=O) groups is 3. The number of aryl methyl sites for hydroxylation is 1. The highest BCUT2D eigenvalue weighted by Gasteiger charge is 2.40. The summed E-state index contributed by atoms with van der Waals surface area (Å²) in [5.41, 5.74) is 0.667. The summed E-state index contributed by atoms with van der Waals surface area (Å²) in [7, 11) is -2.80. The number of carbonyl (C=O) groups excluding carboxylic acids is 3. The lowest BCUT2D eigenvalue weighted by molar-refractivity contribution is -0.120. The summed E-state index contributed by atoms with van der Waals surface area (Å²) in [5.74, 6) is -2.43. The standard InChI is InChI=1S/C23H18ClN5O6S/c1-13-11-12-25-23(26-13)28-36(33,34)15-9-7-14(8-10-15)27-19-18(24)20(30)29(21(19)31)17-6-4-3-5-16(17)22(32)35-2/h3-12,27H,1-2H3,(H,25,26,28). The molecule has 2 N–H and O–H groups in total. The molecule has 0 atom stereocenters. The van der Waals surface area contributed by atoms with E-state index in [1.165, 1.54) is 49.7 Å². The fraction of sp³-hybridized carbons (Fsp3) is 0.0870. The van der Waals surface area contributed by atoms with Crippen LogP contribution in [0.4, 0.5) is 17.3 Å². The SMILES string of the molecule is COC(=O)c1ccccc1N1C(=O)C(Cl)=C(Nc2ccc(S(=O)(=O)Nc3nccc(C)n3)cc2)C1=O. The highest BCUT2D eigenvalue weighted by atomic mass is 35.5. The van der Waals surface area contributed by atoms with Crippen LogP contribution in [0, 0.1) is 6.92 Å². The molecule has 1 aliphatic rings. The van der Waals surface area contributed by atoms with E-state index < -0.39 is 32.8 Å². The Morgan fingerprint density at radius 2 is 1.72 bits per heavy atom. The minimum atomic E-state index is -3.98. The molecule has 0 radical (unpaired) electrons. The smallest absolute Gasteiger partial charge is 0.339 e. The van der Waals surface area contributed by atoms with Gasteiger partial charge in [-0.15, -0.1) is 0 Å². The zero-order valence-corrected chi connectivity index (χ0v) is 20.4. The van der Waals surface area contributed by atoms with Crippen molar-refractivity contribution in [1.29, 1.82) is 0 Å². The third-order valence-corrected chi connectivity index (χ3v) is 6.73. The highest BCUT2D eigenvalue weighted by molar-refractivity contribution is 7.92. The molecule has 2 heterocycles. The Morgan fingerprint density at radius 1 is 1.03 bits per heavy atom. The van der Waals surface area contributed by atoms with Crippen molar-refractivity contribution in [3.05, 3.63) is 82.8 Å². The number of aromatic nitrogens is 2. The number of esters is 1. The molecule has 2 amide bonds. The number of halogens is 1. The number of anilines is 3. The number of nitrogens with one attached hydrogen (secondary N) is 2. The number of imide groups is 1. The number of hydrogen-bond acceptors (Lipinski definition) is 9. The largest absolute Gasteiger partial charge is 0.465 e. The van der Waals surface area contributed by atoms with Crippen LogP contribution in [0.25, 0.3) is 0 Å². The molecular formula is C23H18ClN5O6S. The molecule has 0 unspecified atom stereocenters. The van der Waals surface area contributed by atoms with E-state index in [4.69, 9.17) is 16.3 Å². The first-order chi connectivity index (χ1) is 17.1. The average Bonchev–Trinajstić information content (AvgIpc) is 3.06. The number of amides is 2. The molecule has 0 aliphatic carbocycles. The van der Waals surface area contributed by atoms with Gasteiger partial charge in [-0.25, -0.2) is 32.8 Å². The maximum Gasteiger partial charge on any atom is 0.339 e. The van der Waals surface area contributed by atoms with Crippen LogP contribution in [0.2, 0.25) is 0 Å². The second-order valence-corrected chi connectivity index (χ2v) is 9.48. The maximum absolute atomic E-state index is 13.1. The molecule has 184 valence electrons. The highest BCUT2D eigenvalue weighted by Crippen LogP contribution is 2.32. The van der Waals surface area contributed by atoms with Crippen molar-refractivity contribution < 1.29 is 27.5 Å². The van der Waals surface area contributed by atoms with Gasteiger partial charge in [0.15, 0.2) is 0 Å². The van der Waals surface area contributed by atoms with Crippen molar-refractivity contribution in [3.63, 3.8) is 0 Å². The van der Waals surface area contributed by atoms with Crippen molar-refractivity contribution in [2.75, 3.05) is 22.0 Å². The maximum atomic E-state index is 13.1. The summed E-state index contributed by atoms with van der Waals surface area (Å²) in [6.07, 6.45) is 1.43. The van der Waals surface area contributed by atoms with Crippen LogP contribution in [0.5, 0.6) is 0 Å². The van der Waals surface area contributed by atoms with E-state index in [0.29, 0.717) is 5.69 Å². The van der Waals surface area contributed by atoms with Crippen LogP contribution >= 0.6 is 11.6 Å². The fourth-order valence-electron chi connectivity index (χ4n) is 3.32. The summed E-state index contributed by atoms with van der Waals surface area (Å²) in [5, 5.41) is 2.35. The van der Waals surface area contributed by atoms with Gasteiger partial charge in [-0.1, -0.05) is 23.7 Å². The van der Waals surface area contributed by atoms with Crippen LogP contribution in [0.15, 0.2) is 76.4 Å². The predicted molar refractivity (Wildman–Crippen MR) is 131 cm³/mol. The molecule has 0 bridgehead atoms. The van der Waals surface area contributed by atoms with Crippen molar-refractivity contribution in [1.82, 2.24) is 9.97 Å². The molecule has 4 rings (SSSR count). The van der Waals surface area contributed by atoms with Crippen LogP contribution in [0.3, 0.4) is 0 Å². The Bertz CT molecular complexity index is 1520. The van der Waals surface area contributed by atoms with Gasteiger partial charge in [0.1, 0.15) is 10.7 Å². The molecule has 11 nitrogen and oxygen atoms in total. The van der Waals surface area contributed by atoms with E-state index in [-0.39, 0.29) is 33.5 Å². The van der Waals surface area contributed by atoms with Crippen LogP contribution < -0.4 is 14.9 Å². The molecule has 36 heavy (non-hydrogen) atoms. The number of para-hydroxylation sites is 1. The molecule has 0 spiro atoms. The second-order valence-electron chi connectivity index (χ2n) is 7.42. The quantitative estimate of drug-likeness (QED) is 0.349. The normalized spacial score (nSPS) is 13.7. The first kappa shape index (κ1) is 24.8. The molecule has 0 fully saturated rings. The Morgan fingerprint density at radius 3 is 2.39 bits per heavy atom. The van der Waals surface area contributed by atoms with E-state index in [1.54, 1.807) is 25.1 Å². The Labute approximate surface area is 210 Å². The molecule has 0 saturated carbocycles. The second kappa shape index (κ2) is 9.76. The number of hydrogen-bond donors (Lipinski definition) is 2. The Balaban J connectivity index is 1.55. The Kier molecular flexibility index (Phi) is 6.73. The Hall–Kier alpha value is -4.29. The van der Waals surface area contributed by atoms with Gasteiger partial charge >= 0.3 is 5.97 Å². The summed E-state index contributed by atoms with van der Waals surface area (Å²) >= 11 is 6.16. The van der Waals surface area contributed by atoms with Crippen LogP contribution in [-0.2, 0) is 24.3 Å². The molecular weight excluding hydrogens is 510 g/mol. The van der Waals surface area contributed by atoms with E-state index in [1.807, 2.05) is 0 Å². The van der Waals surface area contributed by atoms with E-state index >= 15 is 0 Å². The third-order valence-electron chi connectivity index (χ3n) is 5.03. The van der Waals surface area contributed by atoms with E-state index in [9.17, 15) is 22.8 Å². The average molecular weight is 528 g/mol. The summed E-state index contributed by atoms with van der Waals surface area (Å²) in [4.78, 5) is 46.5. The molecule has 2 aromatic carbocycles. The number of benzene rings is 2. The minimum Gasteiger partial charge on any atom is -0.465 e. The number of methoxy groups -OCH3 is 1. The van der Waals surface area contributed by atoms with Crippen LogP contribution in [-0.4, -0.2) is 43.3 Å². The van der Waals surface area contributed by atoms with Gasteiger partial charge in [0.05, 0.1) is 23.3 Å². The van der Waals surface area contributed by atoms with Crippen molar-refractivity contribution >= 4 is 56.7 Å². The number of rotatable bonds is 7. The van der Waals surface area contributed by atoms with Gasteiger partial charge in [-0.05, 0) is 49.4 Å². The van der Waals surface area contributed by atoms with Gasteiger partial charge in [-0.3, -0.25) is 9.59 Å². The lowest BCUT2D eigenvalue weighted by atomic mass is 10.1. The topological polar surface area (TPSA) is 148 Å². The van der Waals surface area contributed by atoms with Gasteiger partial charge in [0.25, 0.3) is 21.8 Å². The monoisotopic (exact) mass is 527 g/mol. The minimum absolute atomic E-state index is 0.00654. The van der Waals surface area contributed by atoms with Crippen molar-refractivity contribution in [2.24, 2.45) is 0 Å². The van der Waals surface area contributed by atoms with E-state index in [2.05, 4.69) is 20.0 Å². The number of sulfonamides is 1. The van der Waals surface area contributed by atoms with E-state index in [0.717, 1.165) is 4.90 Å². The molecule has 0 saturated heterocycles. The zero-order valence-electron chi connectivity index (χ0n) is 18.9. The van der Waals surface area contributed by atoms with Crippen LogP contribution in [0.1, 0.15) is 16.1 Å². The summed E-state index contributed by atoms with van der Waals surface area (Å²) < 4.78 is 32.3. The summed E-state index contributed by atoms with van der Waals surface area (Å²) in [6, 6.07) is 12.9. The van der Waals surface area contributed by atoms with Gasteiger partial charge in [0, 0.05) is 17.6 Å². The number of nitrogens with zero attached hydrogens (tertiary/aromatic N) is 3. The molecule has 13 heteroatoms. The molecule has 1 aromatic heterocycles. The molecule has 1 aliphatic heterocycles. The summed E-state index contributed by atoms with van der Waals surface area (Å²) in [6.45, 7) is 1.70. The fourth-order valence-corrected chi connectivity index (χ4v) is 4.48. The predicted octanol–water partition coefficient (Wildman–Crippen LogP) is 2.81. The van der Waals surface area contributed by atoms with Gasteiger partial charge in [-0.2, -0.15) is 0 Å². The first-order valence-corrected chi connectivity index (χ1v) is 12.1. The first-order valence-electron chi connectivity index (χ1n) is 10.3. The zero-order chi connectivity index (χ0) is 26.0.